The number of nitrogens with zero attached hydrogens (tertiary/aromatic N) is 2. The van der Waals surface area contributed by atoms with E-state index in [0.717, 1.165) is 16.7 Å². The Morgan fingerprint density at radius 2 is 1.97 bits per heavy atom. The van der Waals surface area contributed by atoms with Gasteiger partial charge in [-0.15, -0.1) is 0 Å². The van der Waals surface area contributed by atoms with Gasteiger partial charge in [0, 0.05) is 19.1 Å². The van der Waals surface area contributed by atoms with Gasteiger partial charge in [-0.3, -0.25) is 14.5 Å². The number of ether oxygens (including phenoxy) is 1. The average Bonchev–Trinajstić information content (AvgIpc) is 3.07. The van der Waals surface area contributed by atoms with E-state index in [9.17, 15) is 14.0 Å². The molecule has 0 radical (unpaired) electrons. The molecule has 0 bridgehead atoms. The van der Waals surface area contributed by atoms with Gasteiger partial charge in [0.25, 0.3) is 0 Å². The summed E-state index contributed by atoms with van der Waals surface area (Å²) in [5, 5.41) is 0. The van der Waals surface area contributed by atoms with Crippen LogP contribution in [0.3, 0.4) is 0 Å². The molecule has 5 nitrogen and oxygen atoms in total. The molecule has 2 heterocycles. The minimum Gasteiger partial charge on any atom is -0.469 e. The summed E-state index contributed by atoms with van der Waals surface area (Å²) in [6, 6.07) is 14.3. The van der Waals surface area contributed by atoms with E-state index in [0.29, 0.717) is 19.5 Å². The largest absolute Gasteiger partial charge is 0.469 e. The molecule has 4 rings (SSSR count). The number of benzene rings is 2. The van der Waals surface area contributed by atoms with E-state index in [-0.39, 0.29) is 42.2 Å². The van der Waals surface area contributed by atoms with Crippen LogP contribution in [0.2, 0.25) is 0 Å². The van der Waals surface area contributed by atoms with E-state index in [4.69, 9.17) is 4.74 Å². The Morgan fingerprint density at radius 3 is 2.66 bits per heavy atom. The van der Waals surface area contributed by atoms with E-state index in [1.54, 1.807) is 0 Å². The number of piperazine rings is 1. The molecule has 6 heteroatoms. The number of hydrogen-bond donors (Lipinski definition) is 0. The highest BCUT2D eigenvalue weighted by Gasteiger charge is 2.50. The van der Waals surface area contributed by atoms with Crippen LogP contribution < -0.4 is 0 Å². The number of rotatable bonds is 4. The number of carbonyl (C=O) groups is 2. The number of methoxy groups -OCH3 is 1. The Labute approximate surface area is 170 Å². The third kappa shape index (κ3) is 3.90. The molecule has 0 aromatic heterocycles. The number of aryl methyl sites for hydroxylation is 1. The maximum absolute atomic E-state index is 13.7. The fourth-order valence-electron chi connectivity index (χ4n) is 4.81. The summed E-state index contributed by atoms with van der Waals surface area (Å²) in [5.74, 6) is -0.934. The maximum atomic E-state index is 13.7. The number of fused-ring (bicyclic) bond motifs is 1. The predicted octanol–water partition coefficient (Wildman–Crippen LogP) is 3.08. The zero-order valence-corrected chi connectivity index (χ0v) is 16.7. The SMILES string of the molecule is COC(=O)[C@H]1C[C@H]2CN(Cc3cc(C)cc(F)c3)CC(=O)N2[C@H]1c1ccccc1. The molecule has 2 aromatic rings. The van der Waals surface area contributed by atoms with Crippen LogP contribution in [0.4, 0.5) is 4.39 Å². The van der Waals surface area contributed by atoms with Crippen LogP contribution in [0.15, 0.2) is 48.5 Å². The van der Waals surface area contributed by atoms with Crippen LogP contribution in [0.1, 0.15) is 29.2 Å². The first-order valence-electron chi connectivity index (χ1n) is 9.88. The van der Waals surface area contributed by atoms with Crippen molar-refractivity contribution < 1.29 is 18.7 Å². The summed E-state index contributed by atoms with van der Waals surface area (Å²) in [6.07, 6.45) is 0.566. The third-order valence-electron chi connectivity index (χ3n) is 5.87. The number of hydrogen-bond acceptors (Lipinski definition) is 4. The second-order valence-electron chi connectivity index (χ2n) is 7.98. The minimum absolute atomic E-state index is 0.00497. The van der Waals surface area contributed by atoms with E-state index >= 15 is 0 Å². The van der Waals surface area contributed by atoms with Crippen molar-refractivity contribution in [1.29, 1.82) is 0 Å². The van der Waals surface area contributed by atoms with Gasteiger partial charge in [0.05, 0.1) is 25.6 Å². The Balaban J connectivity index is 1.58. The van der Waals surface area contributed by atoms with Crippen LogP contribution in [0.5, 0.6) is 0 Å². The average molecular weight is 396 g/mol. The molecule has 3 atom stereocenters. The highest BCUT2D eigenvalue weighted by atomic mass is 19.1. The molecule has 0 aliphatic carbocycles. The van der Waals surface area contributed by atoms with E-state index < -0.39 is 0 Å². The van der Waals surface area contributed by atoms with Crippen LogP contribution in [-0.4, -0.2) is 47.9 Å². The molecule has 0 unspecified atom stereocenters. The third-order valence-corrected chi connectivity index (χ3v) is 5.87. The van der Waals surface area contributed by atoms with Crippen molar-refractivity contribution in [2.24, 2.45) is 5.92 Å². The predicted molar refractivity (Wildman–Crippen MR) is 106 cm³/mol. The van der Waals surface area contributed by atoms with Crippen molar-refractivity contribution in [1.82, 2.24) is 9.80 Å². The molecule has 2 aliphatic rings. The zero-order chi connectivity index (χ0) is 20.5. The van der Waals surface area contributed by atoms with Crippen molar-refractivity contribution in [3.8, 4) is 0 Å². The topological polar surface area (TPSA) is 49.9 Å². The zero-order valence-electron chi connectivity index (χ0n) is 16.7. The van der Waals surface area contributed by atoms with Crippen molar-refractivity contribution >= 4 is 11.9 Å². The van der Waals surface area contributed by atoms with Gasteiger partial charge in [0.15, 0.2) is 0 Å². The van der Waals surface area contributed by atoms with Gasteiger partial charge in [0.2, 0.25) is 5.91 Å². The summed E-state index contributed by atoms with van der Waals surface area (Å²) in [5.41, 5.74) is 2.67. The van der Waals surface area contributed by atoms with Crippen molar-refractivity contribution in [3.05, 3.63) is 71.0 Å². The Bertz CT molecular complexity index is 897. The first kappa shape index (κ1) is 19.6. The molecule has 0 saturated carbocycles. The molecule has 0 N–H and O–H groups in total. The molecular weight excluding hydrogens is 371 g/mol. The number of halogens is 1. The van der Waals surface area contributed by atoms with Crippen LogP contribution >= 0.6 is 0 Å². The lowest BCUT2D eigenvalue weighted by atomic mass is 9.93. The molecule has 152 valence electrons. The van der Waals surface area contributed by atoms with Gasteiger partial charge in [-0.05, 0) is 42.2 Å². The minimum atomic E-state index is -0.382. The van der Waals surface area contributed by atoms with Gasteiger partial charge < -0.3 is 9.64 Å². The van der Waals surface area contributed by atoms with Crippen LogP contribution in [-0.2, 0) is 20.9 Å². The molecular formula is C23H25FN2O3. The molecule has 2 saturated heterocycles. The quantitative estimate of drug-likeness (QED) is 0.746. The lowest BCUT2D eigenvalue weighted by Crippen LogP contribution is -2.53. The number of amides is 1. The Hall–Kier alpha value is -2.73. The number of esters is 1. The fourth-order valence-corrected chi connectivity index (χ4v) is 4.81. The van der Waals surface area contributed by atoms with Crippen molar-refractivity contribution in [2.75, 3.05) is 20.2 Å². The first-order valence-corrected chi connectivity index (χ1v) is 9.88. The van der Waals surface area contributed by atoms with Gasteiger partial charge >= 0.3 is 5.97 Å². The summed E-state index contributed by atoms with van der Waals surface area (Å²) >= 11 is 0. The molecule has 2 aliphatic heterocycles. The van der Waals surface area contributed by atoms with Gasteiger partial charge in [0.1, 0.15) is 5.82 Å². The summed E-state index contributed by atoms with van der Waals surface area (Å²) in [7, 11) is 1.39. The molecule has 29 heavy (non-hydrogen) atoms. The van der Waals surface area contributed by atoms with Crippen LogP contribution in [0, 0.1) is 18.7 Å². The lowest BCUT2D eigenvalue weighted by molar-refractivity contribution is -0.147. The lowest BCUT2D eigenvalue weighted by Gasteiger charge is -2.40. The Kier molecular flexibility index (Phi) is 5.37. The highest BCUT2D eigenvalue weighted by molar-refractivity contribution is 5.83. The van der Waals surface area contributed by atoms with Gasteiger partial charge in [-0.25, -0.2) is 4.39 Å². The molecule has 2 fully saturated rings. The molecule has 1 amide bonds. The van der Waals surface area contributed by atoms with E-state index in [1.165, 1.54) is 19.2 Å². The second kappa shape index (κ2) is 7.95. The smallest absolute Gasteiger partial charge is 0.311 e. The first-order chi connectivity index (χ1) is 14.0. The van der Waals surface area contributed by atoms with E-state index in [2.05, 4.69) is 0 Å². The summed E-state index contributed by atoms with van der Waals surface area (Å²) in [6.45, 7) is 3.27. The van der Waals surface area contributed by atoms with Crippen LogP contribution in [0.25, 0.3) is 0 Å². The monoisotopic (exact) mass is 396 g/mol. The van der Waals surface area contributed by atoms with Crippen molar-refractivity contribution in [2.45, 2.75) is 32.0 Å². The Morgan fingerprint density at radius 1 is 1.21 bits per heavy atom. The highest BCUT2D eigenvalue weighted by Crippen LogP contribution is 2.43. The number of carbonyl (C=O) groups excluding carboxylic acids is 2. The maximum Gasteiger partial charge on any atom is 0.311 e. The van der Waals surface area contributed by atoms with Crippen molar-refractivity contribution in [3.63, 3.8) is 0 Å². The standard InChI is InChI=1S/C23H25FN2O3/c1-15-8-16(10-18(24)9-15)12-25-13-19-11-20(23(28)29-2)22(26(19)21(27)14-25)17-6-4-3-5-7-17/h3-10,19-20,22H,11-14H2,1-2H3/t19-,20-,22-/m0/s1. The normalized spacial score (nSPS) is 24.4. The van der Waals surface area contributed by atoms with Gasteiger partial charge in [-0.2, -0.15) is 0 Å². The van der Waals surface area contributed by atoms with E-state index in [1.807, 2.05) is 53.1 Å². The second-order valence-corrected chi connectivity index (χ2v) is 7.98. The summed E-state index contributed by atoms with van der Waals surface area (Å²) in [4.78, 5) is 29.5. The van der Waals surface area contributed by atoms with Gasteiger partial charge in [-0.1, -0.05) is 36.4 Å². The fraction of sp³-hybridized carbons (Fsp3) is 0.391. The summed E-state index contributed by atoms with van der Waals surface area (Å²) < 4.78 is 18.8. The molecule has 0 spiro atoms. The molecule has 2 aromatic carbocycles.